The van der Waals surface area contributed by atoms with Crippen molar-refractivity contribution >= 4 is 43.4 Å². The standard InChI is InChI=1S/C22H15N/c1-14-10-11-18-16-7-3-4-8-17(16)20-13-15-6-2-5-9-21(15)23-22(20)19(18)12-14/h2-13H,1H3. The van der Waals surface area contributed by atoms with E-state index < -0.39 is 0 Å². The van der Waals surface area contributed by atoms with E-state index in [9.17, 15) is 0 Å². The topological polar surface area (TPSA) is 12.9 Å². The van der Waals surface area contributed by atoms with Gasteiger partial charge < -0.3 is 0 Å². The molecular weight excluding hydrogens is 278 g/mol. The molecule has 0 amide bonds. The Kier molecular flexibility index (Phi) is 2.48. The molecule has 0 aliphatic carbocycles. The Morgan fingerprint density at radius 2 is 1.26 bits per heavy atom. The highest BCUT2D eigenvalue weighted by atomic mass is 14.7. The Labute approximate surface area is 134 Å². The maximum absolute atomic E-state index is 5.00. The smallest absolute Gasteiger partial charge is 0.0794 e. The minimum absolute atomic E-state index is 1.05. The molecule has 0 N–H and O–H groups in total. The second-order valence-electron chi connectivity index (χ2n) is 6.17. The number of pyridine rings is 1. The molecule has 0 bridgehead atoms. The Hall–Kier alpha value is -2.93. The lowest BCUT2D eigenvalue weighted by Crippen LogP contribution is -1.88. The number of nitrogens with zero attached hydrogens (tertiary/aromatic N) is 1. The van der Waals surface area contributed by atoms with E-state index in [1.54, 1.807) is 0 Å². The summed E-state index contributed by atoms with van der Waals surface area (Å²) in [6.07, 6.45) is 0. The van der Waals surface area contributed by atoms with Gasteiger partial charge in [-0.15, -0.1) is 0 Å². The molecule has 5 aromatic rings. The number of hydrogen-bond acceptors (Lipinski definition) is 1. The van der Waals surface area contributed by atoms with Crippen LogP contribution in [0, 0.1) is 6.92 Å². The summed E-state index contributed by atoms with van der Waals surface area (Å²) in [6.45, 7) is 2.14. The van der Waals surface area contributed by atoms with Gasteiger partial charge in [0, 0.05) is 16.2 Å². The molecular formula is C22H15N. The SMILES string of the molecule is Cc1ccc2c3ccccc3c3cc4ccccc4nc3c2c1. The summed E-state index contributed by atoms with van der Waals surface area (Å²) in [5.74, 6) is 0. The average Bonchev–Trinajstić information content (AvgIpc) is 2.60. The van der Waals surface area contributed by atoms with Crippen molar-refractivity contribution in [1.29, 1.82) is 0 Å². The number of hydrogen-bond donors (Lipinski definition) is 0. The molecule has 0 atom stereocenters. The van der Waals surface area contributed by atoms with Crippen LogP contribution in [0.25, 0.3) is 43.4 Å². The van der Waals surface area contributed by atoms with Crippen molar-refractivity contribution in [2.45, 2.75) is 6.92 Å². The first-order chi connectivity index (χ1) is 11.3. The van der Waals surface area contributed by atoms with Crippen LogP contribution in [0.5, 0.6) is 0 Å². The molecule has 0 spiro atoms. The first-order valence-electron chi connectivity index (χ1n) is 7.92. The third-order valence-electron chi connectivity index (χ3n) is 4.66. The number of fused-ring (bicyclic) bond motifs is 7. The van der Waals surface area contributed by atoms with Gasteiger partial charge in [-0.1, -0.05) is 60.2 Å². The quantitative estimate of drug-likeness (QED) is 0.252. The van der Waals surface area contributed by atoms with E-state index in [1.165, 1.54) is 37.9 Å². The fraction of sp³-hybridized carbons (Fsp3) is 0.0455. The highest BCUT2D eigenvalue weighted by Gasteiger charge is 2.10. The van der Waals surface area contributed by atoms with Gasteiger partial charge in [0.25, 0.3) is 0 Å². The van der Waals surface area contributed by atoms with Crippen LogP contribution < -0.4 is 0 Å². The summed E-state index contributed by atoms with van der Waals surface area (Å²) < 4.78 is 0. The molecule has 0 unspecified atom stereocenters. The van der Waals surface area contributed by atoms with Crippen molar-refractivity contribution in [3.63, 3.8) is 0 Å². The molecule has 0 aliphatic heterocycles. The van der Waals surface area contributed by atoms with Gasteiger partial charge in [0.2, 0.25) is 0 Å². The number of aromatic nitrogens is 1. The number of aryl methyl sites for hydroxylation is 1. The zero-order valence-electron chi connectivity index (χ0n) is 12.9. The van der Waals surface area contributed by atoms with Gasteiger partial charge in [-0.2, -0.15) is 0 Å². The lowest BCUT2D eigenvalue weighted by atomic mass is 9.95. The van der Waals surface area contributed by atoms with Crippen LogP contribution in [0.2, 0.25) is 0 Å². The van der Waals surface area contributed by atoms with E-state index in [2.05, 4.69) is 79.7 Å². The Bertz CT molecular complexity index is 1220. The summed E-state index contributed by atoms with van der Waals surface area (Å²) >= 11 is 0. The lowest BCUT2D eigenvalue weighted by Gasteiger charge is -2.11. The molecule has 0 saturated carbocycles. The molecule has 1 aromatic heterocycles. The van der Waals surface area contributed by atoms with Gasteiger partial charge in [-0.3, -0.25) is 0 Å². The van der Waals surface area contributed by atoms with Gasteiger partial charge >= 0.3 is 0 Å². The first-order valence-corrected chi connectivity index (χ1v) is 7.92. The van der Waals surface area contributed by atoms with E-state index in [0.717, 1.165) is 11.0 Å². The molecule has 1 heterocycles. The van der Waals surface area contributed by atoms with Crippen molar-refractivity contribution in [1.82, 2.24) is 4.98 Å². The highest BCUT2D eigenvalue weighted by Crippen LogP contribution is 2.35. The Morgan fingerprint density at radius 1 is 0.609 bits per heavy atom. The third kappa shape index (κ3) is 1.77. The molecule has 108 valence electrons. The van der Waals surface area contributed by atoms with Gasteiger partial charge in [0.15, 0.2) is 0 Å². The van der Waals surface area contributed by atoms with Crippen LogP contribution in [0.15, 0.2) is 72.8 Å². The van der Waals surface area contributed by atoms with Gasteiger partial charge in [0.1, 0.15) is 0 Å². The van der Waals surface area contributed by atoms with Gasteiger partial charge in [-0.05, 0) is 41.3 Å². The van der Waals surface area contributed by atoms with Crippen LogP contribution in [0.3, 0.4) is 0 Å². The van der Waals surface area contributed by atoms with Crippen molar-refractivity contribution in [2.75, 3.05) is 0 Å². The van der Waals surface area contributed by atoms with Crippen LogP contribution >= 0.6 is 0 Å². The summed E-state index contributed by atoms with van der Waals surface area (Å²) in [5.41, 5.74) is 3.42. The average molecular weight is 293 g/mol. The molecule has 4 aromatic carbocycles. The predicted molar refractivity (Wildman–Crippen MR) is 99.0 cm³/mol. The zero-order valence-corrected chi connectivity index (χ0v) is 12.9. The van der Waals surface area contributed by atoms with Crippen molar-refractivity contribution in [2.24, 2.45) is 0 Å². The van der Waals surface area contributed by atoms with Crippen molar-refractivity contribution < 1.29 is 0 Å². The van der Waals surface area contributed by atoms with Gasteiger partial charge in [-0.25, -0.2) is 4.98 Å². The third-order valence-corrected chi connectivity index (χ3v) is 4.66. The van der Waals surface area contributed by atoms with Crippen molar-refractivity contribution in [3.8, 4) is 0 Å². The number of rotatable bonds is 0. The fourth-order valence-corrected chi connectivity index (χ4v) is 3.57. The maximum Gasteiger partial charge on any atom is 0.0794 e. The second kappa shape index (κ2) is 4.53. The molecule has 0 radical (unpaired) electrons. The predicted octanol–water partition coefficient (Wildman–Crippen LogP) is 6.00. The first kappa shape index (κ1) is 12.6. The maximum atomic E-state index is 5.00. The summed E-state index contributed by atoms with van der Waals surface area (Å²) in [4.78, 5) is 5.00. The van der Waals surface area contributed by atoms with Crippen LogP contribution in [0.4, 0.5) is 0 Å². The molecule has 23 heavy (non-hydrogen) atoms. The normalized spacial score (nSPS) is 11.7. The van der Waals surface area contributed by atoms with E-state index in [1.807, 2.05) is 0 Å². The summed E-state index contributed by atoms with van der Waals surface area (Å²) in [7, 11) is 0. The fourth-order valence-electron chi connectivity index (χ4n) is 3.57. The number of para-hydroxylation sites is 1. The summed E-state index contributed by atoms with van der Waals surface area (Å²) in [6, 6.07) is 25.9. The Balaban J connectivity index is 2.16. The molecule has 0 saturated heterocycles. The molecule has 0 aliphatic rings. The molecule has 1 heteroatoms. The summed E-state index contributed by atoms with van der Waals surface area (Å²) in [5, 5.41) is 7.52. The van der Waals surface area contributed by atoms with Crippen LogP contribution in [0.1, 0.15) is 5.56 Å². The second-order valence-corrected chi connectivity index (χ2v) is 6.17. The minimum Gasteiger partial charge on any atom is -0.247 e. The highest BCUT2D eigenvalue weighted by molar-refractivity contribution is 6.25. The van der Waals surface area contributed by atoms with E-state index in [4.69, 9.17) is 4.98 Å². The zero-order chi connectivity index (χ0) is 15.4. The molecule has 5 rings (SSSR count). The minimum atomic E-state index is 1.05. The largest absolute Gasteiger partial charge is 0.247 e. The van der Waals surface area contributed by atoms with E-state index in [0.29, 0.717) is 0 Å². The van der Waals surface area contributed by atoms with E-state index >= 15 is 0 Å². The monoisotopic (exact) mass is 293 g/mol. The van der Waals surface area contributed by atoms with Crippen LogP contribution in [-0.4, -0.2) is 4.98 Å². The lowest BCUT2D eigenvalue weighted by molar-refractivity contribution is 1.49. The van der Waals surface area contributed by atoms with Crippen molar-refractivity contribution in [3.05, 3.63) is 78.4 Å². The number of benzene rings is 4. The van der Waals surface area contributed by atoms with E-state index in [-0.39, 0.29) is 0 Å². The molecule has 0 fully saturated rings. The van der Waals surface area contributed by atoms with Crippen LogP contribution in [-0.2, 0) is 0 Å². The molecule has 1 nitrogen and oxygen atoms in total. The van der Waals surface area contributed by atoms with Gasteiger partial charge in [0.05, 0.1) is 11.0 Å². The Morgan fingerprint density at radius 3 is 2.13 bits per heavy atom.